The van der Waals surface area contributed by atoms with E-state index in [0.717, 1.165) is 19.2 Å². The number of pyridine rings is 1. The summed E-state index contributed by atoms with van der Waals surface area (Å²) in [6, 6.07) is 2.69. The third-order valence-electron chi connectivity index (χ3n) is 2.57. The molecule has 0 radical (unpaired) electrons. The first-order valence-electron chi connectivity index (χ1n) is 5.56. The molecule has 100 valence electrons. The van der Waals surface area contributed by atoms with Crippen molar-refractivity contribution in [3.63, 3.8) is 0 Å². The standard InChI is InChI=1S/C11H13F3N2O2/c12-11(13,14)18-9-1-2-10(16-6-9)15-5-8-3-4-17-7-8/h1-2,6,8H,3-5,7H2,(H,15,16). The SMILES string of the molecule is FC(F)(F)Oc1ccc(NCC2CCOC2)nc1. The highest BCUT2D eigenvalue weighted by Crippen LogP contribution is 2.22. The molecule has 1 aliphatic heterocycles. The van der Waals surface area contributed by atoms with Crippen LogP contribution in [0, 0.1) is 5.92 Å². The van der Waals surface area contributed by atoms with Crippen LogP contribution in [0.3, 0.4) is 0 Å². The normalized spacial score (nSPS) is 19.8. The molecule has 0 amide bonds. The number of aromatic nitrogens is 1. The van der Waals surface area contributed by atoms with Crippen molar-refractivity contribution in [3.8, 4) is 5.75 Å². The van der Waals surface area contributed by atoms with Crippen molar-refractivity contribution < 1.29 is 22.6 Å². The van der Waals surface area contributed by atoms with Crippen LogP contribution in [0.5, 0.6) is 5.75 Å². The van der Waals surface area contributed by atoms with Crippen LogP contribution in [0.15, 0.2) is 18.3 Å². The van der Waals surface area contributed by atoms with E-state index in [1.165, 1.54) is 12.1 Å². The highest BCUT2D eigenvalue weighted by atomic mass is 19.4. The van der Waals surface area contributed by atoms with E-state index in [9.17, 15) is 13.2 Å². The lowest BCUT2D eigenvalue weighted by atomic mass is 10.1. The quantitative estimate of drug-likeness (QED) is 0.905. The van der Waals surface area contributed by atoms with Gasteiger partial charge in [-0.25, -0.2) is 4.98 Å². The molecule has 4 nitrogen and oxygen atoms in total. The molecule has 2 heterocycles. The molecule has 1 fully saturated rings. The van der Waals surface area contributed by atoms with E-state index in [-0.39, 0.29) is 5.75 Å². The van der Waals surface area contributed by atoms with Gasteiger partial charge in [-0.3, -0.25) is 0 Å². The first kappa shape index (κ1) is 12.9. The number of hydrogen-bond donors (Lipinski definition) is 1. The van der Waals surface area contributed by atoms with Crippen LogP contribution in [-0.4, -0.2) is 31.1 Å². The van der Waals surface area contributed by atoms with Crippen molar-refractivity contribution in [1.82, 2.24) is 4.98 Å². The third-order valence-corrected chi connectivity index (χ3v) is 2.57. The van der Waals surface area contributed by atoms with Crippen LogP contribution >= 0.6 is 0 Å². The van der Waals surface area contributed by atoms with E-state index in [1.54, 1.807) is 0 Å². The van der Waals surface area contributed by atoms with Crippen molar-refractivity contribution in [1.29, 1.82) is 0 Å². The Labute approximate surface area is 102 Å². The van der Waals surface area contributed by atoms with Crippen molar-refractivity contribution in [2.75, 3.05) is 25.1 Å². The third kappa shape index (κ3) is 4.06. The Morgan fingerprint density at radius 3 is 2.83 bits per heavy atom. The summed E-state index contributed by atoms with van der Waals surface area (Å²) in [6.07, 6.45) is -2.65. The highest BCUT2D eigenvalue weighted by Gasteiger charge is 2.31. The minimum atomic E-state index is -4.68. The average molecular weight is 262 g/mol. The van der Waals surface area contributed by atoms with Crippen LogP contribution in [0.1, 0.15) is 6.42 Å². The van der Waals surface area contributed by atoms with Crippen LogP contribution in [0.2, 0.25) is 0 Å². The molecule has 2 rings (SSSR count). The zero-order valence-corrected chi connectivity index (χ0v) is 9.54. The Bertz CT molecular complexity index is 375. The summed E-state index contributed by atoms with van der Waals surface area (Å²) >= 11 is 0. The van der Waals surface area contributed by atoms with Gasteiger partial charge < -0.3 is 14.8 Å². The fourth-order valence-corrected chi connectivity index (χ4v) is 1.67. The van der Waals surface area contributed by atoms with E-state index >= 15 is 0 Å². The summed E-state index contributed by atoms with van der Waals surface area (Å²) in [5, 5.41) is 3.05. The van der Waals surface area contributed by atoms with Gasteiger partial charge in [0.15, 0.2) is 0 Å². The number of rotatable bonds is 4. The number of halogens is 3. The molecule has 0 aromatic carbocycles. The van der Waals surface area contributed by atoms with Crippen LogP contribution in [-0.2, 0) is 4.74 Å². The summed E-state index contributed by atoms with van der Waals surface area (Å²) in [6.45, 7) is 2.17. The van der Waals surface area contributed by atoms with E-state index in [2.05, 4.69) is 15.0 Å². The van der Waals surface area contributed by atoms with Crippen LogP contribution in [0.4, 0.5) is 19.0 Å². The molecule has 0 aliphatic carbocycles. The molecule has 1 saturated heterocycles. The molecule has 1 aromatic rings. The van der Waals surface area contributed by atoms with Gasteiger partial charge in [0.2, 0.25) is 0 Å². The Morgan fingerprint density at radius 2 is 2.28 bits per heavy atom. The molecule has 0 spiro atoms. The number of hydrogen-bond acceptors (Lipinski definition) is 4. The van der Waals surface area contributed by atoms with Crippen molar-refractivity contribution in [2.24, 2.45) is 5.92 Å². The molecule has 18 heavy (non-hydrogen) atoms. The minimum Gasteiger partial charge on any atom is -0.404 e. The Kier molecular flexibility index (Phi) is 3.90. The summed E-state index contributed by atoms with van der Waals surface area (Å²) in [5.41, 5.74) is 0. The van der Waals surface area contributed by atoms with Gasteiger partial charge >= 0.3 is 6.36 Å². The molecule has 1 aromatic heterocycles. The maximum atomic E-state index is 11.9. The maximum Gasteiger partial charge on any atom is 0.573 e. The lowest BCUT2D eigenvalue weighted by Gasteiger charge is -2.11. The molecule has 0 bridgehead atoms. The van der Waals surface area contributed by atoms with E-state index in [0.29, 0.717) is 24.9 Å². The Hall–Kier alpha value is -1.50. The van der Waals surface area contributed by atoms with Crippen molar-refractivity contribution in [2.45, 2.75) is 12.8 Å². The maximum absolute atomic E-state index is 11.9. The highest BCUT2D eigenvalue weighted by molar-refractivity contribution is 5.37. The second-order valence-corrected chi connectivity index (χ2v) is 4.04. The number of nitrogens with zero attached hydrogens (tertiary/aromatic N) is 1. The number of ether oxygens (including phenoxy) is 2. The molecular formula is C11H13F3N2O2. The zero-order valence-electron chi connectivity index (χ0n) is 9.54. The first-order chi connectivity index (χ1) is 8.53. The van der Waals surface area contributed by atoms with Crippen LogP contribution < -0.4 is 10.1 Å². The van der Waals surface area contributed by atoms with Gasteiger partial charge in [-0.15, -0.1) is 13.2 Å². The average Bonchev–Trinajstić information content (AvgIpc) is 2.79. The van der Waals surface area contributed by atoms with Crippen molar-refractivity contribution in [3.05, 3.63) is 18.3 Å². The number of anilines is 1. The lowest BCUT2D eigenvalue weighted by Crippen LogP contribution is -2.17. The smallest absolute Gasteiger partial charge is 0.404 e. The number of alkyl halides is 3. The van der Waals surface area contributed by atoms with E-state index < -0.39 is 6.36 Å². The summed E-state index contributed by atoms with van der Waals surface area (Å²) < 4.78 is 44.7. The fraction of sp³-hybridized carbons (Fsp3) is 0.545. The summed E-state index contributed by atoms with van der Waals surface area (Å²) in [5.74, 6) is 0.631. The molecule has 1 aliphatic rings. The Balaban J connectivity index is 1.83. The molecule has 0 saturated carbocycles. The summed E-state index contributed by atoms with van der Waals surface area (Å²) in [4.78, 5) is 3.85. The van der Waals surface area contributed by atoms with Crippen molar-refractivity contribution >= 4 is 5.82 Å². The van der Waals surface area contributed by atoms with E-state index in [4.69, 9.17) is 4.74 Å². The van der Waals surface area contributed by atoms with Gasteiger partial charge in [0, 0.05) is 19.1 Å². The minimum absolute atomic E-state index is 0.322. The topological polar surface area (TPSA) is 43.4 Å². The van der Waals surface area contributed by atoms with Gasteiger partial charge in [-0.05, 0) is 18.6 Å². The molecule has 7 heteroatoms. The fourth-order valence-electron chi connectivity index (χ4n) is 1.67. The molecule has 1 unspecified atom stereocenters. The lowest BCUT2D eigenvalue weighted by molar-refractivity contribution is -0.274. The predicted octanol–water partition coefficient (Wildman–Crippen LogP) is 2.43. The number of nitrogens with one attached hydrogen (secondary N) is 1. The largest absolute Gasteiger partial charge is 0.573 e. The predicted molar refractivity (Wildman–Crippen MR) is 58.3 cm³/mol. The van der Waals surface area contributed by atoms with Gasteiger partial charge in [-0.1, -0.05) is 0 Å². The molecule has 1 atom stereocenters. The van der Waals surface area contributed by atoms with Crippen LogP contribution in [0.25, 0.3) is 0 Å². The molecular weight excluding hydrogens is 249 g/mol. The second kappa shape index (κ2) is 5.43. The van der Waals surface area contributed by atoms with E-state index in [1.807, 2.05) is 0 Å². The van der Waals surface area contributed by atoms with Gasteiger partial charge in [-0.2, -0.15) is 0 Å². The second-order valence-electron chi connectivity index (χ2n) is 4.04. The molecule has 1 N–H and O–H groups in total. The Morgan fingerprint density at radius 1 is 1.44 bits per heavy atom. The zero-order chi connectivity index (χ0) is 13.0. The monoisotopic (exact) mass is 262 g/mol. The first-order valence-corrected chi connectivity index (χ1v) is 5.56. The summed E-state index contributed by atoms with van der Waals surface area (Å²) in [7, 11) is 0. The van der Waals surface area contributed by atoms with Gasteiger partial charge in [0.05, 0.1) is 12.8 Å². The van der Waals surface area contributed by atoms with Gasteiger partial charge in [0.25, 0.3) is 0 Å². The van der Waals surface area contributed by atoms with Gasteiger partial charge in [0.1, 0.15) is 11.6 Å².